The SMILES string of the molecule is COc1cc(C)c(C(=O)NCCc2nccn2C)cc1C(=O)O. The number of rotatable bonds is 6. The summed E-state index contributed by atoms with van der Waals surface area (Å²) in [6.45, 7) is 2.15. The van der Waals surface area contributed by atoms with Crippen molar-refractivity contribution in [1.29, 1.82) is 0 Å². The predicted octanol–water partition coefficient (Wildman–Crippen LogP) is 1.41. The topological polar surface area (TPSA) is 93.5 Å². The number of amides is 1. The molecule has 0 saturated carbocycles. The Kier molecular flexibility index (Phi) is 5.00. The Labute approximate surface area is 133 Å². The first-order valence-corrected chi connectivity index (χ1v) is 7.10. The van der Waals surface area contributed by atoms with E-state index >= 15 is 0 Å². The Bertz CT molecular complexity index is 737. The minimum Gasteiger partial charge on any atom is -0.496 e. The fraction of sp³-hybridized carbons (Fsp3) is 0.312. The van der Waals surface area contributed by atoms with Crippen LogP contribution in [-0.2, 0) is 13.5 Å². The lowest BCUT2D eigenvalue weighted by molar-refractivity contribution is 0.0693. The lowest BCUT2D eigenvalue weighted by atomic mass is 10.0. The number of nitrogens with zero attached hydrogens (tertiary/aromatic N) is 2. The van der Waals surface area contributed by atoms with Crippen molar-refractivity contribution in [2.45, 2.75) is 13.3 Å². The van der Waals surface area contributed by atoms with Crippen molar-refractivity contribution in [2.24, 2.45) is 7.05 Å². The second kappa shape index (κ2) is 6.95. The average molecular weight is 317 g/mol. The summed E-state index contributed by atoms with van der Waals surface area (Å²) in [5.74, 6) is -0.353. The maximum absolute atomic E-state index is 12.3. The van der Waals surface area contributed by atoms with Gasteiger partial charge < -0.3 is 19.7 Å². The van der Waals surface area contributed by atoms with E-state index in [1.807, 2.05) is 17.8 Å². The molecule has 0 aliphatic carbocycles. The van der Waals surface area contributed by atoms with Gasteiger partial charge >= 0.3 is 5.97 Å². The zero-order valence-electron chi connectivity index (χ0n) is 13.3. The summed E-state index contributed by atoms with van der Waals surface area (Å²) in [6.07, 6.45) is 4.13. The van der Waals surface area contributed by atoms with Crippen LogP contribution in [0.3, 0.4) is 0 Å². The molecule has 2 rings (SSSR count). The van der Waals surface area contributed by atoms with Gasteiger partial charge in [0.15, 0.2) is 0 Å². The van der Waals surface area contributed by atoms with Crippen molar-refractivity contribution in [3.05, 3.63) is 47.0 Å². The molecule has 23 heavy (non-hydrogen) atoms. The molecule has 7 heteroatoms. The van der Waals surface area contributed by atoms with E-state index in [9.17, 15) is 14.7 Å². The van der Waals surface area contributed by atoms with Gasteiger partial charge in [-0.3, -0.25) is 4.79 Å². The number of methoxy groups -OCH3 is 1. The third-order valence-corrected chi connectivity index (χ3v) is 3.58. The minimum atomic E-state index is -1.14. The Morgan fingerprint density at radius 1 is 1.35 bits per heavy atom. The van der Waals surface area contributed by atoms with Gasteiger partial charge in [0.2, 0.25) is 0 Å². The van der Waals surface area contributed by atoms with Gasteiger partial charge in [0, 0.05) is 38.0 Å². The number of ether oxygens (including phenoxy) is 1. The molecule has 1 amide bonds. The Hall–Kier alpha value is -2.83. The predicted molar refractivity (Wildman–Crippen MR) is 83.9 cm³/mol. The number of aromatic carboxylic acids is 1. The van der Waals surface area contributed by atoms with Crippen LogP contribution in [0.25, 0.3) is 0 Å². The third-order valence-electron chi connectivity index (χ3n) is 3.58. The minimum absolute atomic E-state index is 0.0349. The fourth-order valence-corrected chi connectivity index (χ4v) is 2.28. The van der Waals surface area contributed by atoms with E-state index in [2.05, 4.69) is 10.3 Å². The Morgan fingerprint density at radius 2 is 2.09 bits per heavy atom. The van der Waals surface area contributed by atoms with Crippen LogP contribution in [0.5, 0.6) is 5.75 Å². The van der Waals surface area contributed by atoms with Crippen molar-refractivity contribution in [2.75, 3.05) is 13.7 Å². The Morgan fingerprint density at radius 3 is 2.65 bits per heavy atom. The number of aryl methyl sites for hydroxylation is 2. The highest BCUT2D eigenvalue weighted by atomic mass is 16.5. The molecule has 0 unspecified atom stereocenters. The molecule has 0 atom stereocenters. The zero-order chi connectivity index (χ0) is 17.0. The highest BCUT2D eigenvalue weighted by Gasteiger charge is 2.17. The summed E-state index contributed by atoms with van der Waals surface area (Å²) in [5.41, 5.74) is 0.941. The molecule has 1 heterocycles. The number of benzene rings is 1. The second-order valence-electron chi connectivity index (χ2n) is 5.13. The van der Waals surface area contributed by atoms with E-state index < -0.39 is 5.97 Å². The van der Waals surface area contributed by atoms with E-state index in [0.717, 1.165) is 5.82 Å². The molecule has 0 spiro atoms. The van der Waals surface area contributed by atoms with Crippen LogP contribution in [0, 0.1) is 6.92 Å². The number of carboxylic acid groups (broad SMARTS) is 1. The first kappa shape index (κ1) is 16.5. The summed E-state index contributed by atoms with van der Waals surface area (Å²) in [5, 5.41) is 12.0. The van der Waals surface area contributed by atoms with Crippen LogP contribution in [0.2, 0.25) is 0 Å². The second-order valence-corrected chi connectivity index (χ2v) is 5.13. The van der Waals surface area contributed by atoms with Gasteiger partial charge in [0.05, 0.1) is 7.11 Å². The van der Waals surface area contributed by atoms with Gasteiger partial charge in [-0.05, 0) is 24.6 Å². The van der Waals surface area contributed by atoms with E-state index in [4.69, 9.17) is 4.74 Å². The molecule has 0 saturated heterocycles. The summed E-state index contributed by atoms with van der Waals surface area (Å²) in [7, 11) is 3.28. The number of carbonyl (C=O) groups is 2. The number of carboxylic acids is 1. The third kappa shape index (κ3) is 3.68. The molecule has 2 aromatic rings. The molecule has 1 aromatic carbocycles. The average Bonchev–Trinajstić information content (AvgIpc) is 2.91. The fourth-order valence-electron chi connectivity index (χ4n) is 2.28. The molecule has 0 fully saturated rings. The zero-order valence-corrected chi connectivity index (χ0v) is 13.3. The molecule has 7 nitrogen and oxygen atoms in total. The smallest absolute Gasteiger partial charge is 0.339 e. The van der Waals surface area contributed by atoms with Gasteiger partial charge in [-0.25, -0.2) is 9.78 Å². The summed E-state index contributed by atoms with van der Waals surface area (Å²) >= 11 is 0. The number of hydrogen-bond donors (Lipinski definition) is 2. The van der Waals surface area contributed by atoms with Crippen LogP contribution in [0.4, 0.5) is 0 Å². The summed E-state index contributed by atoms with van der Waals surface area (Å²) in [6, 6.07) is 2.89. The molecule has 0 bridgehead atoms. The number of nitrogens with one attached hydrogen (secondary N) is 1. The maximum atomic E-state index is 12.3. The van der Waals surface area contributed by atoms with Crippen LogP contribution in [0.1, 0.15) is 32.1 Å². The van der Waals surface area contributed by atoms with E-state index in [1.165, 1.54) is 13.2 Å². The molecule has 0 aliphatic heterocycles. The van der Waals surface area contributed by atoms with E-state index in [1.54, 1.807) is 19.2 Å². The standard InChI is InChI=1S/C16H19N3O4/c1-10-8-13(23-3)12(16(21)22)9-11(10)15(20)18-5-4-14-17-6-7-19(14)2/h6-9H,4-5H2,1-3H3,(H,18,20)(H,21,22). The van der Waals surface area contributed by atoms with Gasteiger partial charge in [-0.1, -0.05) is 0 Å². The molecule has 2 N–H and O–H groups in total. The van der Waals surface area contributed by atoms with Crippen molar-refractivity contribution in [3.8, 4) is 5.75 Å². The molecule has 122 valence electrons. The molecule has 0 radical (unpaired) electrons. The first-order valence-electron chi connectivity index (χ1n) is 7.10. The highest BCUT2D eigenvalue weighted by molar-refractivity contribution is 6.00. The first-order chi connectivity index (χ1) is 10.9. The van der Waals surface area contributed by atoms with Gasteiger partial charge in [0.1, 0.15) is 17.1 Å². The van der Waals surface area contributed by atoms with Crippen molar-refractivity contribution in [3.63, 3.8) is 0 Å². The molecule has 0 aliphatic rings. The number of hydrogen-bond acceptors (Lipinski definition) is 4. The van der Waals surface area contributed by atoms with E-state index in [-0.39, 0.29) is 17.2 Å². The number of carbonyl (C=O) groups excluding carboxylic acids is 1. The van der Waals surface area contributed by atoms with Crippen LogP contribution in [0.15, 0.2) is 24.5 Å². The van der Waals surface area contributed by atoms with Crippen molar-refractivity contribution >= 4 is 11.9 Å². The van der Waals surface area contributed by atoms with E-state index in [0.29, 0.717) is 24.1 Å². The molecular formula is C16H19N3O4. The number of aromatic nitrogens is 2. The maximum Gasteiger partial charge on any atom is 0.339 e. The van der Waals surface area contributed by atoms with Crippen LogP contribution < -0.4 is 10.1 Å². The van der Waals surface area contributed by atoms with Crippen molar-refractivity contribution < 1.29 is 19.4 Å². The lowest BCUT2D eigenvalue weighted by Crippen LogP contribution is -2.27. The van der Waals surface area contributed by atoms with Crippen LogP contribution >= 0.6 is 0 Å². The normalized spacial score (nSPS) is 10.4. The molecule has 1 aromatic heterocycles. The highest BCUT2D eigenvalue weighted by Crippen LogP contribution is 2.23. The van der Waals surface area contributed by atoms with Gasteiger partial charge in [-0.2, -0.15) is 0 Å². The van der Waals surface area contributed by atoms with Crippen LogP contribution in [-0.4, -0.2) is 40.2 Å². The van der Waals surface area contributed by atoms with Crippen molar-refractivity contribution in [1.82, 2.24) is 14.9 Å². The largest absolute Gasteiger partial charge is 0.496 e. The quantitative estimate of drug-likeness (QED) is 0.840. The van der Waals surface area contributed by atoms with Gasteiger partial charge in [-0.15, -0.1) is 0 Å². The number of imidazole rings is 1. The lowest BCUT2D eigenvalue weighted by Gasteiger charge is -2.11. The molecular weight excluding hydrogens is 298 g/mol. The summed E-state index contributed by atoms with van der Waals surface area (Å²) in [4.78, 5) is 27.7. The van der Waals surface area contributed by atoms with Gasteiger partial charge in [0.25, 0.3) is 5.91 Å². The summed E-state index contributed by atoms with van der Waals surface area (Å²) < 4.78 is 6.92. The Balaban J connectivity index is 2.11. The monoisotopic (exact) mass is 317 g/mol.